The fourth-order valence-electron chi connectivity index (χ4n) is 2.71. The molecule has 2 heterocycles. The number of amides is 2. The summed E-state index contributed by atoms with van der Waals surface area (Å²) in [5.41, 5.74) is 0.672. The van der Waals surface area contributed by atoms with Gasteiger partial charge in [-0.3, -0.25) is 14.6 Å². The molecule has 1 aliphatic rings. The summed E-state index contributed by atoms with van der Waals surface area (Å²) in [4.78, 5) is 28.4. The first-order valence-electron chi connectivity index (χ1n) is 7.80. The highest BCUT2D eigenvalue weighted by atomic mass is 16.3. The van der Waals surface area contributed by atoms with Gasteiger partial charge in [0, 0.05) is 17.8 Å². The quantitative estimate of drug-likeness (QED) is 0.887. The third-order valence-corrected chi connectivity index (χ3v) is 3.95. The number of carbonyl (C=O) groups is 2. The van der Waals surface area contributed by atoms with Gasteiger partial charge in [-0.1, -0.05) is 12.8 Å². The average Bonchev–Trinajstić information content (AvgIpc) is 3.26. The van der Waals surface area contributed by atoms with E-state index < -0.39 is 0 Å². The van der Waals surface area contributed by atoms with Gasteiger partial charge in [0.05, 0.1) is 12.8 Å². The van der Waals surface area contributed by atoms with Crippen LogP contribution in [0.2, 0.25) is 0 Å². The molecule has 0 aromatic carbocycles. The molecule has 2 N–H and O–H groups in total. The zero-order chi connectivity index (χ0) is 16.1. The number of nitrogens with one attached hydrogen (secondary N) is 2. The number of nitrogens with zero attached hydrogens (tertiary/aromatic N) is 1. The van der Waals surface area contributed by atoms with E-state index in [-0.39, 0.29) is 23.6 Å². The van der Waals surface area contributed by atoms with E-state index in [1.807, 2.05) is 0 Å². The number of hydrogen-bond acceptors (Lipinski definition) is 4. The van der Waals surface area contributed by atoms with Crippen LogP contribution in [-0.4, -0.2) is 22.8 Å². The molecule has 6 heteroatoms. The van der Waals surface area contributed by atoms with Gasteiger partial charge in [0.1, 0.15) is 11.5 Å². The third kappa shape index (κ3) is 3.97. The molecule has 0 unspecified atom stereocenters. The first kappa shape index (κ1) is 15.3. The molecular weight excluding hydrogens is 294 g/mol. The number of carbonyl (C=O) groups excluding carboxylic acids is 2. The van der Waals surface area contributed by atoms with Crippen molar-refractivity contribution in [2.24, 2.45) is 0 Å². The second-order valence-electron chi connectivity index (χ2n) is 5.65. The Kier molecular flexibility index (Phi) is 4.71. The predicted octanol–water partition coefficient (Wildman–Crippen LogP) is 2.28. The summed E-state index contributed by atoms with van der Waals surface area (Å²) in [7, 11) is 0. The smallest absolute Gasteiger partial charge is 0.270 e. The molecule has 0 aliphatic heterocycles. The first-order valence-corrected chi connectivity index (χ1v) is 7.80. The van der Waals surface area contributed by atoms with Gasteiger partial charge in [-0.2, -0.15) is 0 Å². The standard InChI is InChI=1S/C17H19N3O3/c21-16(19-11-14-6-3-9-23-14)12-7-8-18-15(10-12)17(22)20-13-4-1-2-5-13/h3,6-10,13H,1-2,4-5,11H2,(H,19,21)(H,20,22). The van der Waals surface area contributed by atoms with E-state index in [9.17, 15) is 9.59 Å². The van der Waals surface area contributed by atoms with Gasteiger partial charge < -0.3 is 15.1 Å². The second kappa shape index (κ2) is 7.09. The summed E-state index contributed by atoms with van der Waals surface area (Å²) in [5.74, 6) is 0.183. The van der Waals surface area contributed by atoms with E-state index in [0.717, 1.165) is 25.7 Å². The van der Waals surface area contributed by atoms with Crippen LogP contribution in [0.5, 0.6) is 0 Å². The van der Waals surface area contributed by atoms with Crippen molar-refractivity contribution in [3.05, 3.63) is 53.7 Å². The van der Waals surface area contributed by atoms with Crippen LogP contribution in [-0.2, 0) is 6.54 Å². The van der Waals surface area contributed by atoms with Crippen molar-refractivity contribution in [2.75, 3.05) is 0 Å². The first-order chi connectivity index (χ1) is 11.2. The third-order valence-electron chi connectivity index (χ3n) is 3.95. The topological polar surface area (TPSA) is 84.2 Å². The molecule has 0 atom stereocenters. The Balaban J connectivity index is 1.61. The van der Waals surface area contributed by atoms with Crippen molar-refractivity contribution < 1.29 is 14.0 Å². The molecule has 0 bridgehead atoms. The zero-order valence-corrected chi connectivity index (χ0v) is 12.7. The van der Waals surface area contributed by atoms with Crippen molar-refractivity contribution in [2.45, 2.75) is 38.3 Å². The Hall–Kier alpha value is -2.63. The molecule has 0 saturated heterocycles. The van der Waals surface area contributed by atoms with E-state index in [1.54, 1.807) is 24.5 Å². The minimum atomic E-state index is -0.265. The molecule has 2 amide bonds. The minimum absolute atomic E-state index is 0.223. The van der Waals surface area contributed by atoms with E-state index in [2.05, 4.69) is 15.6 Å². The summed E-state index contributed by atoms with van der Waals surface area (Å²) < 4.78 is 5.16. The van der Waals surface area contributed by atoms with Crippen LogP contribution in [0.15, 0.2) is 41.1 Å². The maximum atomic E-state index is 12.2. The van der Waals surface area contributed by atoms with Crippen LogP contribution in [0, 0.1) is 0 Å². The van der Waals surface area contributed by atoms with Crippen molar-refractivity contribution in [1.29, 1.82) is 0 Å². The summed E-state index contributed by atoms with van der Waals surface area (Å²) in [6.45, 7) is 0.303. The Morgan fingerprint density at radius 3 is 2.78 bits per heavy atom. The van der Waals surface area contributed by atoms with Gasteiger partial charge in [0.2, 0.25) is 0 Å². The predicted molar refractivity (Wildman–Crippen MR) is 83.8 cm³/mol. The van der Waals surface area contributed by atoms with E-state index in [0.29, 0.717) is 17.9 Å². The van der Waals surface area contributed by atoms with Crippen LogP contribution < -0.4 is 10.6 Å². The van der Waals surface area contributed by atoms with Gasteiger partial charge in [0.25, 0.3) is 11.8 Å². The highest BCUT2D eigenvalue weighted by Crippen LogP contribution is 2.18. The van der Waals surface area contributed by atoms with E-state index in [4.69, 9.17) is 4.42 Å². The monoisotopic (exact) mass is 313 g/mol. The minimum Gasteiger partial charge on any atom is -0.467 e. The van der Waals surface area contributed by atoms with Crippen molar-refractivity contribution in [1.82, 2.24) is 15.6 Å². The van der Waals surface area contributed by atoms with Crippen LogP contribution in [0.1, 0.15) is 52.3 Å². The molecular formula is C17H19N3O3. The van der Waals surface area contributed by atoms with Gasteiger partial charge >= 0.3 is 0 Å². The molecule has 2 aromatic heterocycles. The number of hydrogen-bond donors (Lipinski definition) is 2. The zero-order valence-electron chi connectivity index (χ0n) is 12.7. The van der Waals surface area contributed by atoms with Crippen LogP contribution in [0.4, 0.5) is 0 Å². The fraction of sp³-hybridized carbons (Fsp3) is 0.353. The Labute approximate surface area is 134 Å². The second-order valence-corrected chi connectivity index (χ2v) is 5.65. The van der Waals surface area contributed by atoms with E-state index in [1.165, 1.54) is 12.3 Å². The van der Waals surface area contributed by atoms with Crippen molar-refractivity contribution in [3.8, 4) is 0 Å². The number of rotatable bonds is 5. The van der Waals surface area contributed by atoms with Crippen LogP contribution in [0.25, 0.3) is 0 Å². The molecule has 6 nitrogen and oxygen atoms in total. The normalized spacial score (nSPS) is 14.6. The number of pyridine rings is 1. The average molecular weight is 313 g/mol. The van der Waals surface area contributed by atoms with Crippen LogP contribution >= 0.6 is 0 Å². The van der Waals surface area contributed by atoms with Gasteiger partial charge in [-0.25, -0.2) is 0 Å². The van der Waals surface area contributed by atoms with E-state index >= 15 is 0 Å². The lowest BCUT2D eigenvalue weighted by molar-refractivity contribution is 0.0933. The Morgan fingerprint density at radius 2 is 2.04 bits per heavy atom. The molecule has 23 heavy (non-hydrogen) atoms. The highest BCUT2D eigenvalue weighted by Gasteiger charge is 2.19. The lowest BCUT2D eigenvalue weighted by atomic mass is 10.2. The number of furan rings is 1. The Bertz CT molecular complexity index is 676. The van der Waals surface area contributed by atoms with Gasteiger partial charge in [0.15, 0.2) is 0 Å². The van der Waals surface area contributed by atoms with Crippen molar-refractivity contribution >= 4 is 11.8 Å². The number of aromatic nitrogens is 1. The molecule has 1 fully saturated rings. The van der Waals surface area contributed by atoms with Gasteiger partial charge in [-0.05, 0) is 37.1 Å². The Morgan fingerprint density at radius 1 is 1.22 bits per heavy atom. The molecule has 2 aromatic rings. The highest BCUT2D eigenvalue weighted by molar-refractivity contribution is 5.98. The maximum absolute atomic E-state index is 12.2. The molecule has 0 radical (unpaired) electrons. The molecule has 1 aliphatic carbocycles. The molecule has 3 rings (SSSR count). The summed E-state index contributed by atoms with van der Waals surface area (Å²) in [5, 5.41) is 5.72. The maximum Gasteiger partial charge on any atom is 0.270 e. The largest absolute Gasteiger partial charge is 0.467 e. The lowest BCUT2D eigenvalue weighted by Gasteiger charge is -2.11. The lowest BCUT2D eigenvalue weighted by Crippen LogP contribution is -2.33. The SMILES string of the molecule is O=C(NCc1ccco1)c1ccnc(C(=O)NC2CCCC2)c1. The molecule has 0 spiro atoms. The van der Waals surface area contributed by atoms with Crippen LogP contribution in [0.3, 0.4) is 0 Å². The summed E-state index contributed by atoms with van der Waals surface area (Å²) in [6, 6.07) is 6.87. The van der Waals surface area contributed by atoms with Crippen molar-refractivity contribution in [3.63, 3.8) is 0 Å². The summed E-state index contributed by atoms with van der Waals surface area (Å²) >= 11 is 0. The fourth-order valence-corrected chi connectivity index (χ4v) is 2.71. The summed E-state index contributed by atoms with van der Waals surface area (Å²) in [6.07, 6.45) is 7.34. The van der Waals surface area contributed by atoms with Gasteiger partial charge in [-0.15, -0.1) is 0 Å². The molecule has 120 valence electrons. The molecule has 1 saturated carbocycles.